The monoisotopic (exact) mass is 498 g/mol. The summed E-state index contributed by atoms with van der Waals surface area (Å²) in [7, 11) is -3.66. The Balaban J connectivity index is 1.41. The smallest absolute Gasteiger partial charge is 0.247 e. The molecule has 9 heteroatoms. The molecule has 0 aliphatic carbocycles. The van der Waals surface area contributed by atoms with Gasteiger partial charge in [-0.1, -0.05) is 24.3 Å². The molecule has 0 bridgehead atoms. The largest absolute Gasteiger partial charge is 0.468 e. The van der Waals surface area contributed by atoms with Crippen LogP contribution in [0.25, 0.3) is 6.08 Å². The van der Waals surface area contributed by atoms with Crippen molar-refractivity contribution in [1.82, 2.24) is 9.62 Å². The van der Waals surface area contributed by atoms with Gasteiger partial charge in [0.15, 0.2) is 0 Å². The van der Waals surface area contributed by atoms with Crippen molar-refractivity contribution in [3.05, 3.63) is 105 Å². The number of hydrogen-bond acceptors (Lipinski definition) is 6. The van der Waals surface area contributed by atoms with Crippen LogP contribution < -0.4 is 4.72 Å². The molecule has 170 valence electrons. The third kappa shape index (κ3) is 6.52. The highest BCUT2D eigenvalue weighted by Crippen LogP contribution is 2.18. The Morgan fingerprint density at radius 1 is 0.939 bits per heavy atom. The zero-order valence-corrected chi connectivity index (χ0v) is 20.0. The summed E-state index contributed by atoms with van der Waals surface area (Å²) in [5.74, 6) is 0.430. The number of nitrogens with zero attached hydrogens (tertiary/aromatic N) is 1. The van der Waals surface area contributed by atoms with Gasteiger partial charge in [0.1, 0.15) is 5.76 Å². The Hall–Kier alpha value is -2.98. The van der Waals surface area contributed by atoms with Gasteiger partial charge in [-0.25, -0.2) is 13.1 Å². The van der Waals surface area contributed by atoms with Gasteiger partial charge in [0.25, 0.3) is 0 Å². The minimum Gasteiger partial charge on any atom is -0.468 e. The molecule has 0 aliphatic heterocycles. The van der Waals surface area contributed by atoms with E-state index in [1.165, 1.54) is 24.5 Å². The molecule has 0 atom stereocenters. The first kappa shape index (κ1) is 23.2. The zero-order valence-electron chi connectivity index (χ0n) is 17.6. The van der Waals surface area contributed by atoms with Crippen molar-refractivity contribution >= 4 is 44.7 Å². The molecule has 4 aromatic rings. The summed E-state index contributed by atoms with van der Waals surface area (Å²) >= 11 is 3.24. The third-order valence-electron chi connectivity index (χ3n) is 4.79. The quantitative estimate of drug-likeness (QED) is 0.308. The van der Waals surface area contributed by atoms with E-state index >= 15 is 0 Å². The van der Waals surface area contributed by atoms with E-state index in [2.05, 4.69) is 4.72 Å². The highest BCUT2D eigenvalue weighted by molar-refractivity contribution is 7.89. The summed E-state index contributed by atoms with van der Waals surface area (Å²) in [6, 6.07) is 17.8. The Kier molecular flexibility index (Phi) is 7.56. The molecular weight excluding hydrogens is 476 g/mol. The van der Waals surface area contributed by atoms with Crippen molar-refractivity contribution in [1.29, 1.82) is 0 Å². The number of nitrogens with one attached hydrogen (secondary N) is 1. The van der Waals surface area contributed by atoms with E-state index < -0.39 is 10.0 Å². The molecule has 3 aromatic heterocycles. The van der Waals surface area contributed by atoms with Gasteiger partial charge >= 0.3 is 0 Å². The van der Waals surface area contributed by atoms with Crippen LogP contribution in [0.15, 0.2) is 93.1 Å². The predicted octanol–water partition coefficient (Wildman–Crippen LogP) is 5.12. The topological polar surface area (TPSA) is 79.6 Å². The molecule has 1 N–H and O–H groups in total. The summed E-state index contributed by atoms with van der Waals surface area (Å²) in [4.78, 5) is 17.1. The second kappa shape index (κ2) is 10.8. The standard InChI is InChI=1S/C24H22N2O4S3/c27-24(26(17-21-5-2-14-31-21)18-22-6-3-15-32-22)12-9-19-7-10-23(11-8-19)33(28,29)25-16-20-4-1-13-30-20/h1-15,25H,16-18H2/b12-9+. The summed E-state index contributed by atoms with van der Waals surface area (Å²) in [5, 5.41) is 4.00. The second-order valence-electron chi connectivity index (χ2n) is 7.16. The first-order valence-corrected chi connectivity index (χ1v) is 13.4. The molecule has 1 amide bonds. The number of rotatable bonds is 10. The highest BCUT2D eigenvalue weighted by atomic mass is 32.2. The van der Waals surface area contributed by atoms with Crippen LogP contribution in [-0.4, -0.2) is 19.2 Å². The van der Waals surface area contributed by atoms with Crippen LogP contribution >= 0.6 is 22.7 Å². The predicted molar refractivity (Wildman–Crippen MR) is 131 cm³/mol. The van der Waals surface area contributed by atoms with Gasteiger partial charge in [-0.2, -0.15) is 0 Å². The van der Waals surface area contributed by atoms with E-state index in [0.717, 1.165) is 15.3 Å². The molecule has 0 saturated heterocycles. The first-order valence-electron chi connectivity index (χ1n) is 10.1. The number of amides is 1. The molecule has 0 fully saturated rings. The molecule has 0 spiro atoms. The number of benzene rings is 1. The lowest BCUT2D eigenvalue weighted by molar-refractivity contribution is -0.127. The number of sulfonamides is 1. The van der Waals surface area contributed by atoms with Crippen molar-refractivity contribution in [3.8, 4) is 0 Å². The molecule has 1 aromatic carbocycles. The summed E-state index contributed by atoms with van der Waals surface area (Å²) < 4.78 is 32.6. The van der Waals surface area contributed by atoms with E-state index in [0.29, 0.717) is 18.8 Å². The van der Waals surface area contributed by atoms with Gasteiger partial charge in [-0.15, -0.1) is 22.7 Å². The summed E-state index contributed by atoms with van der Waals surface area (Å²) in [5.41, 5.74) is 0.737. The number of furan rings is 1. The van der Waals surface area contributed by atoms with Crippen LogP contribution in [0.1, 0.15) is 21.1 Å². The number of carbonyl (C=O) groups is 1. The normalized spacial score (nSPS) is 11.8. The lowest BCUT2D eigenvalue weighted by Gasteiger charge is -2.20. The molecule has 0 aliphatic rings. The molecule has 4 rings (SSSR count). The van der Waals surface area contributed by atoms with E-state index in [1.54, 1.807) is 57.9 Å². The fraction of sp³-hybridized carbons (Fsp3) is 0.125. The molecule has 0 unspecified atom stereocenters. The first-order chi connectivity index (χ1) is 16.0. The molecule has 0 saturated carbocycles. The molecule has 3 heterocycles. The minimum absolute atomic E-state index is 0.0792. The van der Waals surface area contributed by atoms with Crippen LogP contribution in [-0.2, 0) is 34.5 Å². The average Bonchev–Trinajstić information content (AvgIpc) is 3.60. The number of hydrogen-bond donors (Lipinski definition) is 1. The maximum Gasteiger partial charge on any atom is 0.247 e. The zero-order chi connectivity index (χ0) is 23.1. The molecule has 33 heavy (non-hydrogen) atoms. The lowest BCUT2D eigenvalue weighted by Crippen LogP contribution is -2.27. The van der Waals surface area contributed by atoms with E-state index in [1.807, 2.05) is 35.0 Å². The average molecular weight is 499 g/mol. The van der Waals surface area contributed by atoms with Gasteiger partial charge in [0, 0.05) is 15.8 Å². The van der Waals surface area contributed by atoms with Gasteiger partial charge in [-0.05, 0) is 58.8 Å². The van der Waals surface area contributed by atoms with E-state index in [4.69, 9.17) is 4.42 Å². The lowest BCUT2D eigenvalue weighted by atomic mass is 10.2. The molecular formula is C24H22N2O4S3. The Labute approximate surface area is 200 Å². The number of thiophene rings is 2. The second-order valence-corrected chi connectivity index (χ2v) is 11.0. The maximum atomic E-state index is 12.9. The summed E-state index contributed by atoms with van der Waals surface area (Å²) in [6.45, 7) is 1.16. The van der Waals surface area contributed by atoms with E-state index in [-0.39, 0.29) is 17.3 Å². The highest BCUT2D eigenvalue weighted by Gasteiger charge is 2.15. The van der Waals surface area contributed by atoms with Gasteiger partial charge < -0.3 is 9.32 Å². The van der Waals surface area contributed by atoms with Crippen LogP contribution in [0.5, 0.6) is 0 Å². The third-order valence-corrected chi connectivity index (χ3v) is 7.93. The SMILES string of the molecule is O=C(/C=C/c1ccc(S(=O)(=O)NCc2ccco2)cc1)N(Cc1cccs1)Cc1cccs1. The van der Waals surface area contributed by atoms with Gasteiger partial charge in [0.05, 0.1) is 30.8 Å². The Bertz CT molecular complexity index is 1240. The van der Waals surface area contributed by atoms with Crippen LogP contribution in [0.4, 0.5) is 0 Å². The van der Waals surface area contributed by atoms with Crippen LogP contribution in [0, 0.1) is 0 Å². The minimum atomic E-state index is -3.66. The summed E-state index contributed by atoms with van der Waals surface area (Å²) in [6.07, 6.45) is 4.72. The van der Waals surface area contributed by atoms with Crippen molar-refractivity contribution < 1.29 is 17.6 Å². The van der Waals surface area contributed by atoms with Crippen molar-refractivity contribution in [3.63, 3.8) is 0 Å². The van der Waals surface area contributed by atoms with Crippen molar-refractivity contribution in [2.75, 3.05) is 0 Å². The number of carbonyl (C=O) groups excluding carboxylic acids is 1. The molecule has 6 nitrogen and oxygen atoms in total. The fourth-order valence-corrected chi connectivity index (χ4v) is 5.52. The molecule has 0 radical (unpaired) electrons. The van der Waals surface area contributed by atoms with Gasteiger partial charge in [-0.3, -0.25) is 4.79 Å². The maximum absolute atomic E-state index is 12.9. The fourth-order valence-electron chi connectivity index (χ4n) is 3.09. The Morgan fingerprint density at radius 3 is 2.15 bits per heavy atom. The van der Waals surface area contributed by atoms with Crippen molar-refractivity contribution in [2.24, 2.45) is 0 Å². The van der Waals surface area contributed by atoms with Gasteiger partial charge in [0.2, 0.25) is 15.9 Å². The Morgan fingerprint density at radius 2 is 1.61 bits per heavy atom. The van der Waals surface area contributed by atoms with Crippen LogP contribution in [0.2, 0.25) is 0 Å². The van der Waals surface area contributed by atoms with E-state index in [9.17, 15) is 13.2 Å². The van der Waals surface area contributed by atoms with Crippen molar-refractivity contribution in [2.45, 2.75) is 24.5 Å². The van der Waals surface area contributed by atoms with Crippen LogP contribution in [0.3, 0.4) is 0 Å².